The number of carbonyl (C=O) groups excluding carboxylic acids is 3. The average molecular weight is 598 g/mol. The van der Waals surface area contributed by atoms with Crippen molar-refractivity contribution in [3.8, 4) is 21.6 Å². The highest BCUT2D eigenvalue weighted by molar-refractivity contribution is 7.13. The van der Waals surface area contributed by atoms with Crippen LogP contribution < -0.4 is 10.4 Å². The Kier molecular flexibility index (Phi) is 9.16. The summed E-state index contributed by atoms with van der Waals surface area (Å²) in [6, 6.07) is 17.2. The minimum Gasteiger partial charge on any atom is -0.442 e. The van der Waals surface area contributed by atoms with E-state index in [1.165, 1.54) is 11.3 Å². The van der Waals surface area contributed by atoms with Crippen LogP contribution in [0.5, 0.6) is 0 Å². The molecule has 0 saturated heterocycles. The molecular weight excluding hydrogens is 562 g/mol. The van der Waals surface area contributed by atoms with E-state index >= 15 is 0 Å². The van der Waals surface area contributed by atoms with Crippen LogP contribution in [0.15, 0.2) is 78.7 Å². The van der Waals surface area contributed by atoms with Crippen LogP contribution in [0.2, 0.25) is 0 Å². The van der Waals surface area contributed by atoms with E-state index in [1.807, 2.05) is 52.7 Å². The molecule has 5 rings (SSSR count). The second-order valence-corrected chi connectivity index (χ2v) is 12.3. The van der Waals surface area contributed by atoms with Crippen molar-refractivity contribution in [3.05, 3.63) is 89.8 Å². The van der Waals surface area contributed by atoms with Crippen LogP contribution in [-0.2, 0) is 16.1 Å². The number of rotatable bonds is 9. The van der Waals surface area contributed by atoms with Gasteiger partial charge in [-0.05, 0) is 79.9 Å². The number of hydrazine groups is 1. The van der Waals surface area contributed by atoms with Gasteiger partial charge in [-0.2, -0.15) is 5.01 Å². The molecular formula is C33H35N5O4S. The smallest absolute Gasteiger partial charge is 0.434 e. The Morgan fingerprint density at radius 2 is 1.70 bits per heavy atom. The fourth-order valence-electron chi connectivity index (χ4n) is 4.97. The second-order valence-electron chi connectivity index (χ2n) is 11.4. The zero-order chi connectivity index (χ0) is 30.4. The van der Waals surface area contributed by atoms with Crippen molar-refractivity contribution in [3.63, 3.8) is 0 Å². The first-order chi connectivity index (χ1) is 20.7. The van der Waals surface area contributed by atoms with Crippen molar-refractivity contribution >= 4 is 34.9 Å². The number of fused-ring (bicyclic) bond motifs is 1. The molecule has 10 heteroatoms. The number of ether oxygens (including phenoxy) is 1. The molecule has 0 radical (unpaired) electrons. The van der Waals surface area contributed by atoms with Crippen molar-refractivity contribution < 1.29 is 19.1 Å². The van der Waals surface area contributed by atoms with Gasteiger partial charge in [0, 0.05) is 47.9 Å². The largest absolute Gasteiger partial charge is 0.442 e. The Labute approximate surface area is 255 Å². The van der Waals surface area contributed by atoms with Gasteiger partial charge in [0.1, 0.15) is 11.9 Å². The van der Waals surface area contributed by atoms with Gasteiger partial charge < -0.3 is 9.64 Å². The van der Waals surface area contributed by atoms with Gasteiger partial charge in [0.15, 0.2) is 0 Å². The molecule has 1 aliphatic heterocycles. The Hall–Kier alpha value is -4.57. The van der Waals surface area contributed by atoms with Crippen LogP contribution in [0.4, 0.5) is 10.5 Å². The third kappa shape index (κ3) is 7.45. The molecule has 2 aromatic heterocycles. The third-order valence-corrected chi connectivity index (χ3v) is 7.91. The first-order valence-corrected chi connectivity index (χ1v) is 15.2. The van der Waals surface area contributed by atoms with Gasteiger partial charge in [0.25, 0.3) is 5.91 Å². The minimum atomic E-state index is -0.723. The number of nitrogens with one attached hydrogen (secondary N) is 1. The summed E-state index contributed by atoms with van der Waals surface area (Å²) in [6.45, 7) is 6.48. The number of nitrogens with zero attached hydrogens (tertiary/aromatic N) is 4. The molecule has 0 unspecified atom stereocenters. The number of thiophene rings is 1. The zero-order valence-corrected chi connectivity index (χ0v) is 25.4. The second kappa shape index (κ2) is 13.2. The molecule has 0 atom stereocenters. The first-order valence-electron chi connectivity index (χ1n) is 14.3. The van der Waals surface area contributed by atoms with Crippen LogP contribution >= 0.6 is 11.3 Å². The van der Waals surface area contributed by atoms with E-state index in [2.05, 4.69) is 15.4 Å². The summed E-state index contributed by atoms with van der Waals surface area (Å²) in [4.78, 5) is 50.2. The number of unbranched alkanes of at least 4 members (excludes halogenated alkanes) is 2. The lowest BCUT2D eigenvalue weighted by Crippen LogP contribution is -2.48. The monoisotopic (exact) mass is 597 g/mol. The number of hydrogen-bond donors (Lipinski definition) is 1. The van der Waals surface area contributed by atoms with Gasteiger partial charge in [-0.3, -0.25) is 15.0 Å². The van der Waals surface area contributed by atoms with Crippen molar-refractivity contribution in [2.24, 2.45) is 0 Å². The summed E-state index contributed by atoms with van der Waals surface area (Å²) < 4.78 is 5.56. The highest BCUT2D eigenvalue weighted by Gasteiger charge is 2.29. The SMILES string of the molecule is CC(C)(C)OC(=O)N(NC(=O)CCCCCN1Cc2c(cccc2-c2cncnc2)C1=O)c1ccc(-c2cccs2)cc1. The van der Waals surface area contributed by atoms with E-state index in [0.717, 1.165) is 40.0 Å². The third-order valence-electron chi connectivity index (χ3n) is 6.99. The van der Waals surface area contributed by atoms with Gasteiger partial charge in [0.2, 0.25) is 5.91 Å². The highest BCUT2D eigenvalue weighted by atomic mass is 32.1. The molecule has 1 aliphatic rings. The van der Waals surface area contributed by atoms with Gasteiger partial charge >= 0.3 is 6.09 Å². The molecule has 3 heterocycles. The Morgan fingerprint density at radius 3 is 2.40 bits per heavy atom. The first kappa shape index (κ1) is 29.9. The highest BCUT2D eigenvalue weighted by Crippen LogP contribution is 2.32. The maximum Gasteiger partial charge on any atom is 0.434 e. The van der Waals surface area contributed by atoms with Crippen LogP contribution in [0.25, 0.3) is 21.6 Å². The molecule has 4 aromatic rings. The van der Waals surface area contributed by atoms with Crippen molar-refractivity contribution in [1.29, 1.82) is 0 Å². The summed E-state index contributed by atoms with van der Waals surface area (Å²) in [5.41, 5.74) is 7.11. The molecule has 43 heavy (non-hydrogen) atoms. The lowest BCUT2D eigenvalue weighted by atomic mass is 9.99. The summed E-state index contributed by atoms with van der Waals surface area (Å²) in [5, 5.41) is 3.18. The maximum absolute atomic E-state index is 13.0. The molecule has 0 aliphatic carbocycles. The number of benzene rings is 2. The summed E-state index contributed by atoms with van der Waals surface area (Å²) in [5.74, 6) is -0.267. The van der Waals surface area contributed by atoms with E-state index in [0.29, 0.717) is 30.8 Å². The van der Waals surface area contributed by atoms with Crippen molar-refractivity contribution in [2.45, 2.75) is 58.6 Å². The lowest BCUT2D eigenvalue weighted by Gasteiger charge is -2.27. The van der Waals surface area contributed by atoms with Crippen molar-refractivity contribution in [1.82, 2.24) is 20.3 Å². The van der Waals surface area contributed by atoms with Crippen molar-refractivity contribution in [2.75, 3.05) is 11.6 Å². The van der Waals surface area contributed by atoms with E-state index in [1.54, 1.807) is 56.6 Å². The molecule has 3 amide bonds. The van der Waals surface area contributed by atoms with Crippen LogP contribution in [0.3, 0.4) is 0 Å². The molecule has 222 valence electrons. The quantitative estimate of drug-likeness (QED) is 0.167. The molecule has 0 saturated carbocycles. The molecule has 1 N–H and O–H groups in total. The van der Waals surface area contributed by atoms with E-state index in [4.69, 9.17) is 4.74 Å². The molecule has 9 nitrogen and oxygen atoms in total. The fourth-order valence-corrected chi connectivity index (χ4v) is 5.70. The number of hydrogen-bond acceptors (Lipinski definition) is 7. The molecule has 0 spiro atoms. The topological polar surface area (TPSA) is 105 Å². The lowest BCUT2D eigenvalue weighted by molar-refractivity contribution is -0.121. The number of aromatic nitrogens is 2. The predicted molar refractivity (Wildman–Crippen MR) is 167 cm³/mol. The number of carbonyl (C=O) groups is 3. The zero-order valence-electron chi connectivity index (χ0n) is 24.6. The van der Waals surface area contributed by atoms with Crippen LogP contribution in [0.1, 0.15) is 62.4 Å². The van der Waals surface area contributed by atoms with Gasteiger partial charge in [-0.25, -0.2) is 14.8 Å². The van der Waals surface area contributed by atoms with Gasteiger partial charge in [-0.15, -0.1) is 11.3 Å². The van der Waals surface area contributed by atoms with E-state index < -0.39 is 11.7 Å². The van der Waals surface area contributed by atoms with E-state index in [-0.39, 0.29) is 18.2 Å². The molecule has 0 fully saturated rings. The minimum absolute atomic E-state index is 0.0181. The predicted octanol–water partition coefficient (Wildman–Crippen LogP) is 6.86. The summed E-state index contributed by atoms with van der Waals surface area (Å²) >= 11 is 1.63. The normalized spacial score (nSPS) is 12.6. The molecule has 0 bridgehead atoms. The maximum atomic E-state index is 13.0. The number of amides is 3. The van der Waals surface area contributed by atoms with Crippen LogP contribution in [-0.4, -0.2) is 44.9 Å². The standard InChI is InChI=1S/C33H35N5O4S/c1-33(2,3)42-32(41)38(25-15-13-23(14-16-25)29-11-8-18-43-29)36-30(39)12-5-4-6-17-37-21-28-26(24-19-34-22-35-20-24)9-7-10-27(28)31(37)40/h7-11,13-16,18-20,22H,4-6,12,17,21H2,1-3H3,(H,36,39). The van der Waals surface area contributed by atoms with Gasteiger partial charge in [-0.1, -0.05) is 36.8 Å². The summed E-state index contributed by atoms with van der Waals surface area (Å²) in [7, 11) is 0. The average Bonchev–Trinajstić information content (AvgIpc) is 3.64. The number of anilines is 1. The molecule has 2 aromatic carbocycles. The fraction of sp³-hybridized carbons (Fsp3) is 0.303. The Balaban J connectivity index is 1.13. The summed E-state index contributed by atoms with van der Waals surface area (Å²) in [6.07, 6.45) is 6.72. The Morgan fingerprint density at radius 1 is 0.953 bits per heavy atom. The Bertz CT molecular complexity index is 1570. The van der Waals surface area contributed by atoms with Gasteiger partial charge in [0.05, 0.1) is 5.69 Å². The van der Waals surface area contributed by atoms with Crippen LogP contribution in [0, 0.1) is 0 Å². The van der Waals surface area contributed by atoms with E-state index in [9.17, 15) is 14.4 Å².